The lowest BCUT2D eigenvalue weighted by atomic mass is 9.79. The Morgan fingerprint density at radius 1 is 1.33 bits per heavy atom. The van der Waals surface area contributed by atoms with Crippen molar-refractivity contribution in [2.24, 2.45) is 5.92 Å². The van der Waals surface area contributed by atoms with Crippen molar-refractivity contribution in [1.82, 2.24) is 0 Å². The highest BCUT2D eigenvalue weighted by molar-refractivity contribution is 6.29. The van der Waals surface area contributed by atoms with E-state index in [2.05, 4.69) is 14.8 Å². The Labute approximate surface area is 67.3 Å². The third-order valence-corrected chi connectivity index (χ3v) is 3.57. The first-order valence-electron chi connectivity index (χ1n) is 3.41. The van der Waals surface area contributed by atoms with Crippen LogP contribution in [-0.2, 0) is 0 Å². The summed E-state index contributed by atoms with van der Waals surface area (Å²) in [5, 5.41) is 0.616. The SMILES string of the molecule is BC1C(Cl)CC(Cl)C1C. The van der Waals surface area contributed by atoms with Crippen molar-refractivity contribution in [3.63, 3.8) is 0 Å². The highest BCUT2D eigenvalue weighted by Crippen LogP contribution is 2.40. The fourth-order valence-electron chi connectivity index (χ4n) is 1.30. The minimum Gasteiger partial charge on any atom is -0.123 e. The summed E-state index contributed by atoms with van der Waals surface area (Å²) in [5.74, 6) is 1.18. The van der Waals surface area contributed by atoms with Crippen LogP contribution in [-0.4, -0.2) is 18.6 Å². The fourth-order valence-corrected chi connectivity index (χ4v) is 2.24. The van der Waals surface area contributed by atoms with Gasteiger partial charge < -0.3 is 0 Å². The van der Waals surface area contributed by atoms with E-state index in [4.69, 9.17) is 23.2 Å². The molecular weight excluding hydrogens is 154 g/mol. The molecule has 0 heterocycles. The van der Waals surface area contributed by atoms with Gasteiger partial charge in [-0.05, 0) is 18.2 Å². The van der Waals surface area contributed by atoms with E-state index in [1.54, 1.807) is 0 Å². The zero-order valence-corrected chi connectivity index (χ0v) is 7.28. The molecule has 1 aliphatic carbocycles. The van der Waals surface area contributed by atoms with Gasteiger partial charge in [-0.15, -0.1) is 23.2 Å². The molecule has 4 atom stereocenters. The van der Waals surface area contributed by atoms with Crippen LogP contribution in [0.2, 0.25) is 5.82 Å². The second-order valence-corrected chi connectivity index (χ2v) is 4.11. The molecule has 0 radical (unpaired) electrons. The van der Waals surface area contributed by atoms with Gasteiger partial charge in [-0.3, -0.25) is 0 Å². The molecule has 4 unspecified atom stereocenters. The van der Waals surface area contributed by atoms with Crippen LogP contribution in [0.4, 0.5) is 0 Å². The molecule has 3 heteroatoms. The molecule has 9 heavy (non-hydrogen) atoms. The maximum atomic E-state index is 5.97. The van der Waals surface area contributed by atoms with Crippen LogP contribution in [0.5, 0.6) is 0 Å². The largest absolute Gasteiger partial charge is 0.123 e. The van der Waals surface area contributed by atoms with Gasteiger partial charge in [0, 0.05) is 10.8 Å². The molecule has 0 spiro atoms. The molecule has 1 aliphatic rings. The molecule has 0 aromatic heterocycles. The summed E-state index contributed by atoms with van der Waals surface area (Å²) in [7, 11) is 2.17. The summed E-state index contributed by atoms with van der Waals surface area (Å²) < 4.78 is 0. The number of rotatable bonds is 0. The predicted molar refractivity (Wildman–Crippen MR) is 45.4 cm³/mol. The Morgan fingerprint density at radius 2 is 1.89 bits per heavy atom. The number of hydrogen-bond donors (Lipinski definition) is 0. The molecule has 0 aliphatic heterocycles. The highest BCUT2D eigenvalue weighted by Gasteiger charge is 2.35. The normalized spacial score (nSPS) is 51.9. The van der Waals surface area contributed by atoms with Crippen LogP contribution in [0.1, 0.15) is 13.3 Å². The number of hydrogen-bond acceptors (Lipinski definition) is 0. The van der Waals surface area contributed by atoms with Crippen molar-refractivity contribution in [3.05, 3.63) is 0 Å². The van der Waals surface area contributed by atoms with Crippen molar-refractivity contribution in [1.29, 1.82) is 0 Å². The summed E-state index contributed by atoms with van der Waals surface area (Å²) in [6, 6.07) is 0. The van der Waals surface area contributed by atoms with Gasteiger partial charge in [0.05, 0.1) is 0 Å². The van der Waals surface area contributed by atoms with E-state index in [0.29, 0.717) is 22.5 Å². The lowest BCUT2D eigenvalue weighted by molar-refractivity contribution is 0.619. The molecule has 1 saturated carbocycles. The quantitative estimate of drug-likeness (QED) is 0.378. The van der Waals surface area contributed by atoms with Crippen LogP contribution in [0.3, 0.4) is 0 Å². The van der Waals surface area contributed by atoms with Gasteiger partial charge >= 0.3 is 0 Å². The van der Waals surface area contributed by atoms with Crippen LogP contribution in [0, 0.1) is 5.92 Å². The molecule has 0 N–H and O–H groups in total. The van der Waals surface area contributed by atoms with E-state index in [1.807, 2.05) is 0 Å². The van der Waals surface area contributed by atoms with E-state index in [1.165, 1.54) is 0 Å². The van der Waals surface area contributed by atoms with Crippen molar-refractivity contribution < 1.29 is 0 Å². The summed E-state index contributed by atoms with van der Waals surface area (Å²) in [4.78, 5) is 0. The Hall–Kier alpha value is 0.645. The molecule has 0 amide bonds. The average Bonchev–Trinajstić information content (AvgIpc) is 1.98. The smallest absolute Gasteiger partial charge is 0.107 e. The molecule has 52 valence electrons. The second-order valence-electron chi connectivity index (χ2n) is 2.99. The molecule has 1 rings (SSSR count). The number of halogens is 2. The highest BCUT2D eigenvalue weighted by atomic mass is 35.5. The minimum absolute atomic E-state index is 0.308. The standard InChI is InChI=1S/C6H11BCl2/c1-3-4(8)2-5(9)6(3)7/h3-6H,2,7H2,1H3. The zero-order chi connectivity index (χ0) is 7.02. The van der Waals surface area contributed by atoms with Gasteiger partial charge in [-0.2, -0.15) is 0 Å². The van der Waals surface area contributed by atoms with Gasteiger partial charge in [-0.1, -0.05) is 6.92 Å². The summed E-state index contributed by atoms with van der Waals surface area (Å²) in [5.41, 5.74) is 0. The van der Waals surface area contributed by atoms with E-state index in [9.17, 15) is 0 Å². The lowest BCUT2D eigenvalue weighted by Gasteiger charge is -2.11. The lowest BCUT2D eigenvalue weighted by Crippen LogP contribution is -2.08. The predicted octanol–water partition coefficient (Wildman–Crippen LogP) is 1.66. The van der Waals surface area contributed by atoms with Crippen molar-refractivity contribution in [3.8, 4) is 0 Å². The first kappa shape index (κ1) is 7.75. The van der Waals surface area contributed by atoms with Crippen molar-refractivity contribution >= 4 is 31.0 Å². The third kappa shape index (κ3) is 1.38. The van der Waals surface area contributed by atoms with E-state index < -0.39 is 0 Å². The van der Waals surface area contributed by atoms with Gasteiger partial charge in [0.25, 0.3) is 0 Å². The first-order chi connectivity index (χ1) is 4.13. The van der Waals surface area contributed by atoms with Gasteiger partial charge in [0.1, 0.15) is 7.85 Å². The summed E-state index contributed by atoms with van der Waals surface area (Å²) in [6.45, 7) is 2.17. The maximum absolute atomic E-state index is 5.97. The Morgan fingerprint density at radius 3 is 2.00 bits per heavy atom. The molecule has 0 aromatic rings. The molecule has 0 saturated heterocycles. The second kappa shape index (κ2) is 2.71. The zero-order valence-electron chi connectivity index (χ0n) is 5.77. The van der Waals surface area contributed by atoms with Crippen molar-refractivity contribution in [2.75, 3.05) is 0 Å². The Balaban J connectivity index is 2.54. The molecular formula is C6H11BCl2. The van der Waals surface area contributed by atoms with Crippen molar-refractivity contribution in [2.45, 2.75) is 29.9 Å². The Kier molecular flexibility index (Phi) is 2.34. The maximum Gasteiger partial charge on any atom is 0.107 e. The molecule has 1 fully saturated rings. The summed E-state index contributed by atoms with van der Waals surface area (Å²) in [6.07, 6.45) is 0.978. The summed E-state index contributed by atoms with van der Waals surface area (Å²) >= 11 is 11.9. The topological polar surface area (TPSA) is 0 Å². The first-order valence-corrected chi connectivity index (χ1v) is 4.28. The minimum atomic E-state index is 0.308. The monoisotopic (exact) mass is 164 g/mol. The van der Waals surface area contributed by atoms with Crippen LogP contribution >= 0.6 is 23.2 Å². The van der Waals surface area contributed by atoms with Gasteiger partial charge in [0.2, 0.25) is 0 Å². The number of alkyl halides is 2. The van der Waals surface area contributed by atoms with Gasteiger partial charge in [-0.25, -0.2) is 0 Å². The fraction of sp³-hybridized carbons (Fsp3) is 1.00. The van der Waals surface area contributed by atoms with Gasteiger partial charge in [0.15, 0.2) is 0 Å². The Bertz CT molecular complexity index is 95.2. The van der Waals surface area contributed by atoms with E-state index >= 15 is 0 Å². The van der Waals surface area contributed by atoms with Crippen LogP contribution < -0.4 is 0 Å². The molecule has 0 nitrogen and oxygen atoms in total. The molecule has 0 aromatic carbocycles. The molecule has 0 bridgehead atoms. The third-order valence-electron chi connectivity index (χ3n) is 2.42. The van der Waals surface area contributed by atoms with Crippen LogP contribution in [0.25, 0.3) is 0 Å². The van der Waals surface area contributed by atoms with E-state index in [0.717, 1.165) is 6.42 Å². The average molecular weight is 165 g/mol. The van der Waals surface area contributed by atoms with Crippen LogP contribution in [0.15, 0.2) is 0 Å². The van der Waals surface area contributed by atoms with E-state index in [-0.39, 0.29) is 0 Å².